The van der Waals surface area contributed by atoms with E-state index in [1.54, 1.807) is 0 Å². The second-order valence-electron chi connectivity index (χ2n) is 9.34. The largest absolute Gasteiger partial charge is 0.486 e. The number of carbonyl (C=O) groups excluding carboxylic acids is 2. The molecule has 2 unspecified atom stereocenters. The Balaban J connectivity index is 1.22. The number of ether oxygens (including phenoxy) is 2. The standard InChI is InChI=1S/C29H30N4O4S/c1-4-18(2)30-20-6-5-7-22(15-20)37-23-12-13-24-25(16-23)33(3)27(31-24)17-36-21-10-8-19(9-11-21)14-26-28(34)32-29(35)38-26/h5-13,15-16,18,26,30H,4,14,17H2,1-3H3,(H,32,34,35). The molecule has 3 aromatic carbocycles. The molecule has 1 aromatic heterocycles. The minimum absolute atomic E-state index is 0.233. The van der Waals surface area contributed by atoms with Gasteiger partial charge >= 0.3 is 0 Å². The number of aryl methyl sites for hydroxylation is 1. The Morgan fingerprint density at radius 3 is 2.55 bits per heavy atom. The fraction of sp³-hybridized carbons (Fsp3) is 0.276. The Morgan fingerprint density at radius 2 is 1.82 bits per heavy atom. The van der Waals surface area contributed by atoms with Crippen LogP contribution < -0.4 is 20.1 Å². The number of imide groups is 1. The van der Waals surface area contributed by atoms with Gasteiger partial charge in [0.15, 0.2) is 0 Å². The van der Waals surface area contributed by atoms with Crippen molar-refractivity contribution >= 4 is 39.6 Å². The number of carbonyl (C=O) groups is 2. The third-order valence-electron chi connectivity index (χ3n) is 6.52. The number of aromatic nitrogens is 2. The summed E-state index contributed by atoms with van der Waals surface area (Å²) in [5, 5.41) is 5.12. The molecule has 0 aliphatic carbocycles. The average Bonchev–Trinajstić information content (AvgIpc) is 3.40. The number of amides is 2. The van der Waals surface area contributed by atoms with Crippen LogP contribution >= 0.6 is 11.8 Å². The normalized spacial score (nSPS) is 15.9. The highest BCUT2D eigenvalue weighted by atomic mass is 32.2. The minimum Gasteiger partial charge on any atom is -0.486 e. The highest BCUT2D eigenvalue weighted by molar-refractivity contribution is 8.15. The zero-order valence-corrected chi connectivity index (χ0v) is 22.4. The molecule has 1 aliphatic heterocycles. The van der Waals surface area contributed by atoms with E-state index in [-0.39, 0.29) is 16.4 Å². The fourth-order valence-electron chi connectivity index (χ4n) is 4.20. The third-order valence-corrected chi connectivity index (χ3v) is 7.50. The number of benzene rings is 3. The van der Waals surface area contributed by atoms with Crippen LogP contribution in [0.1, 0.15) is 31.7 Å². The van der Waals surface area contributed by atoms with Crippen molar-refractivity contribution in [1.29, 1.82) is 0 Å². The monoisotopic (exact) mass is 530 g/mol. The smallest absolute Gasteiger partial charge is 0.286 e. The summed E-state index contributed by atoms with van der Waals surface area (Å²) < 4.78 is 14.1. The molecule has 0 spiro atoms. The molecular formula is C29H30N4O4S. The molecule has 2 atom stereocenters. The average molecular weight is 531 g/mol. The van der Waals surface area contributed by atoms with Crippen LogP contribution in [-0.4, -0.2) is 32.0 Å². The SMILES string of the molecule is CCC(C)Nc1cccc(Oc2ccc3nc(COc4ccc(CC5SC(=O)NC5=O)cc4)n(C)c3c2)c1. The summed E-state index contributed by atoms with van der Waals surface area (Å²) in [5.74, 6) is 2.77. The molecule has 8 nitrogen and oxygen atoms in total. The number of fused-ring (bicyclic) bond motifs is 1. The number of nitrogens with one attached hydrogen (secondary N) is 2. The topological polar surface area (TPSA) is 94.5 Å². The van der Waals surface area contributed by atoms with Crippen molar-refractivity contribution in [3.05, 3.63) is 78.1 Å². The van der Waals surface area contributed by atoms with Gasteiger partial charge in [-0.1, -0.05) is 36.9 Å². The molecule has 0 radical (unpaired) electrons. The summed E-state index contributed by atoms with van der Waals surface area (Å²) in [5.41, 5.74) is 3.81. The lowest BCUT2D eigenvalue weighted by Gasteiger charge is -2.14. The van der Waals surface area contributed by atoms with Crippen molar-refractivity contribution in [1.82, 2.24) is 14.9 Å². The minimum atomic E-state index is -0.381. The highest BCUT2D eigenvalue weighted by Crippen LogP contribution is 2.28. The van der Waals surface area contributed by atoms with Gasteiger partial charge in [-0.15, -0.1) is 0 Å². The fourth-order valence-corrected chi connectivity index (χ4v) is 5.06. The van der Waals surface area contributed by atoms with Crippen LogP contribution in [0.15, 0.2) is 66.7 Å². The molecule has 5 rings (SSSR count). The molecule has 1 aliphatic rings. The lowest BCUT2D eigenvalue weighted by Crippen LogP contribution is -2.25. The van der Waals surface area contributed by atoms with Gasteiger partial charge in [0.2, 0.25) is 5.91 Å². The summed E-state index contributed by atoms with van der Waals surface area (Å²) in [6.07, 6.45) is 1.54. The van der Waals surface area contributed by atoms with Crippen molar-refractivity contribution in [2.75, 3.05) is 5.32 Å². The molecule has 2 heterocycles. The molecular weight excluding hydrogens is 500 g/mol. The van der Waals surface area contributed by atoms with Gasteiger partial charge in [0.25, 0.3) is 5.24 Å². The van der Waals surface area contributed by atoms with Crippen LogP contribution in [0.4, 0.5) is 10.5 Å². The maximum absolute atomic E-state index is 11.8. The maximum atomic E-state index is 11.8. The van der Waals surface area contributed by atoms with E-state index in [9.17, 15) is 9.59 Å². The Morgan fingerprint density at radius 1 is 1.05 bits per heavy atom. The number of rotatable bonds is 10. The molecule has 0 bridgehead atoms. The van der Waals surface area contributed by atoms with Gasteiger partial charge in [-0.3, -0.25) is 14.9 Å². The molecule has 1 saturated heterocycles. The first-order chi connectivity index (χ1) is 18.4. The van der Waals surface area contributed by atoms with Gasteiger partial charge in [0, 0.05) is 30.9 Å². The van der Waals surface area contributed by atoms with Crippen molar-refractivity contribution in [2.45, 2.75) is 44.6 Å². The van der Waals surface area contributed by atoms with Gasteiger partial charge in [-0.05, 0) is 61.7 Å². The lowest BCUT2D eigenvalue weighted by atomic mass is 10.1. The van der Waals surface area contributed by atoms with Gasteiger partial charge in [-0.2, -0.15) is 0 Å². The Hall–Kier alpha value is -3.98. The second-order valence-corrected chi connectivity index (χ2v) is 10.5. The molecule has 38 heavy (non-hydrogen) atoms. The first-order valence-electron chi connectivity index (χ1n) is 12.6. The van der Waals surface area contributed by atoms with Crippen LogP contribution in [0.2, 0.25) is 0 Å². The zero-order valence-electron chi connectivity index (χ0n) is 21.6. The van der Waals surface area contributed by atoms with E-state index >= 15 is 0 Å². The number of thioether (sulfide) groups is 1. The summed E-state index contributed by atoms with van der Waals surface area (Å²) in [7, 11) is 1.96. The Bertz CT molecular complexity index is 1470. The first kappa shape index (κ1) is 25.7. The molecule has 4 aromatic rings. The van der Waals surface area contributed by atoms with E-state index in [1.165, 1.54) is 0 Å². The van der Waals surface area contributed by atoms with Crippen LogP contribution in [0.5, 0.6) is 17.2 Å². The van der Waals surface area contributed by atoms with Crippen LogP contribution in [-0.2, 0) is 24.9 Å². The molecule has 196 valence electrons. The predicted octanol–water partition coefficient (Wildman–Crippen LogP) is 6.05. The number of nitrogens with zero attached hydrogens (tertiary/aromatic N) is 2. The summed E-state index contributed by atoms with van der Waals surface area (Å²) in [4.78, 5) is 27.9. The van der Waals surface area contributed by atoms with Crippen LogP contribution in [0.3, 0.4) is 0 Å². The van der Waals surface area contributed by atoms with Crippen LogP contribution in [0, 0.1) is 0 Å². The quantitative estimate of drug-likeness (QED) is 0.258. The van der Waals surface area contributed by atoms with Gasteiger partial charge in [-0.25, -0.2) is 4.98 Å². The zero-order chi connectivity index (χ0) is 26.6. The molecule has 1 fully saturated rings. The Kier molecular flexibility index (Phi) is 7.55. The number of hydrogen-bond acceptors (Lipinski definition) is 7. The van der Waals surface area contributed by atoms with E-state index < -0.39 is 0 Å². The third kappa shape index (κ3) is 5.94. The van der Waals surface area contributed by atoms with E-state index in [1.807, 2.05) is 78.3 Å². The number of hydrogen-bond donors (Lipinski definition) is 2. The lowest BCUT2D eigenvalue weighted by molar-refractivity contribution is -0.118. The van der Waals surface area contributed by atoms with Gasteiger partial charge < -0.3 is 19.4 Å². The predicted molar refractivity (Wildman–Crippen MR) is 150 cm³/mol. The summed E-state index contributed by atoms with van der Waals surface area (Å²) in [6.45, 7) is 4.61. The van der Waals surface area contributed by atoms with E-state index in [2.05, 4.69) is 24.5 Å². The Labute approximate surface area is 225 Å². The van der Waals surface area contributed by atoms with Gasteiger partial charge in [0.05, 0.1) is 16.3 Å². The first-order valence-corrected chi connectivity index (χ1v) is 13.5. The van der Waals surface area contributed by atoms with E-state index in [0.717, 1.165) is 57.8 Å². The van der Waals surface area contributed by atoms with Crippen molar-refractivity contribution in [2.24, 2.45) is 7.05 Å². The number of imidazole rings is 1. The molecule has 2 N–H and O–H groups in total. The molecule has 0 saturated carbocycles. The van der Waals surface area contributed by atoms with Crippen molar-refractivity contribution in [3.8, 4) is 17.2 Å². The summed E-state index contributed by atoms with van der Waals surface area (Å²) >= 11 is 1.03. The van der Waals surface area contributed by atoms with E-state index in [4.69, 9.17) is 14.5 Å². The van der Waals surface area contributed by atoms with Gasteiger partial charge in [0.1, 0.15) is 29.7 Å². The highest BCUT2D eigenvalue weighted by Gasteiger charge is 2.31. The maximum Gasteiger partial charge on any atom is 0.286 e. The number of anilines is 1. The molecule has 2 amide bonds. The summed E-state index contributed by atoms with van der Waals surface area (Å²) in [6, 6.07) is 21.8. The van der Waals surface area contributed by atoms with E-state index in [0.29, 0.717) is 24.8 Å². The van der Waals surface area contributed by atoms with Crippen molar-refractivity contribution in [3.63, 3.8) is 0 Å². The van der Waals surface area contributed by atoms with Crippen molar-refractivity contribution < 1.29 is 19.1 Å². The second kappa shape index (κ2) is 11.2. The molecule has 9 heteroatoms. The van der Waals surface area contributed by atoms with Crippen LogP contribution in [0.25, 0.3) is 11.0 Å².